The van der Waals surface area contributed by atoms with Gasteiger partial charge >= 0.3 is 0 Å². The fourth-order valence-corrected chi connectivity index (χ4v) is 15.9. The summed E-state index contributed by atoms with van der Waals surface area (Å²) in [6, 6.07) is 93.3. The molecule has 0 fully saturated rings. The van der Waals surface area contributed by atoms with Gasteiger partial charge in [-0.15, -0.1) is 0 Å². The highest BCUT2D eigenvalue weighted by atomic mass is 28.3. The summed E-state index contributed by atoms with van der Waals surface area (Å²) in [7, 11) is -3.15. The summed E-state index contributed by atoms with van der Waals surface area (Å²) in [6.45, 7) is 0. The molecular formula is C64H43N7Si. The molecular weight excluding hydrogens is 895 g/mol. The molecule has 0 amide bonds. The lowest BCUT2D eigenvalue weighted by Gasteiger charge is -2.35. The van der Waals surface area contributed by atoms with Crippen molar-refractivity contribution in [1.82, 2.24) is 33.5 Å². The Balaban J connectivity index is 1.03. The number of imidazole rings is 2. The SMILES string of the molecule is c1ccc(-c2nc(-c3ccccc3)nc(-c3cccc([Si](c4ccccc4)(c4ccccc4)c4cccc(-n5c6ccccc6c6ccc7c(nc8n(-c9ccccc9)c9ccccc9n78)c65)c4)c3)n2)cc1. The quantitative estimate of drug-likeness (QED) is 0.107. The third-order valence-electron chi connectivity index (χ3n) is 14.2. The zero-order valence-electron chi connectivity index (χ0n) is 39.0. The van der Waals surface area contributed by atoms with Gasteiger partial charge in [0.25, 0.3) is 0 Å². The van der Waals surface area contributed by atoms with Crippen LogP contribution in [0.4, 0.5) is 0 Å². The first-order valence-corrected chi connectivity index (χ1v) is 26.3. The standard InChI is InChI=1S/C64H43N7Si/c1-6-22-44(23-7-1)61-66-62(45-24-8-2-9-25-45)68-63(67-61)46-26-20-34-51(42-46)72(49-30-12-4-13-31-49,50-32-14-5-15-33-50)52-35-21-29-48(43-52)69-55-37-17-16-36-53(55)54-40-41-58-59(60(54)69)65-64-70(47-27-10-3-11-28-47)56-38-18-19-39-57(56)71(58)64/h1-43H. The molecule has 4 aromatic heterocycles. The molecule has 0 aliphatic rings. The van der Waals surface area contributed by atoms with Crippen molar-refractivity contribution in [3.63, 3.8) is 0 Å². The Hall–Kier alpha value is -9.50. The highest BCUT2D eigenvalue weighted by molar-refractivity contribution is 7.20. The zero-order chi connectivity index (χ0) is 47.6. The first-order valence-electron chi connectivity index (χ1n) is 24.3. The van der Waals surface area contributed by atoms with Gasteiger partial charge in [0.1, 0.15) is 5.52 Å². The Morgan fingerprint density at radius 1 is 0.292 bits per heavy atom. The maximum atomic E-state index is 5.64. The minimum absolute atomic E-state index is 0.622. The number of hydrogen-bond acceptors (Lipinski definition) is 4. The minimum Gasteiger partial charge on any atom is -0.307 e. The Bertz CT molecular complexity index is 4220. The van der Waals surface area contributed by atoms with Gasteiger partial charge < -0.3 is 4.57 Å². The summed E-state index contributed by atoms with van der Waals surface area (Å²) in [5.41, 5.74) is 11.3. The van der Waals surface area contributed by atoms with Crippen molar-refractivity contribution in [3.8, 4) is 45.5 Å². The van der Waals surface area contributed by atoms with E-state index in [1.54, 1.807) is 0 Å². The van der Waals surface area contributed by atoms with Gasteiger partial charge in [0.15, 0.2) is 25.5 Å². The molecule has 0 unspecified atom stereocenters. The first-order chi connectivity index (χ1) is 35.7. The smallest absolute Gasteiger partial charge is 0.220 e. The monoisotopic (exact) mass is 937 g/mol. The van der Waals surface area contributed by atoms with Gasteiger partial charge in [-0.2, -0.15) is 0 Å². The number of para-hydroxylation sites is 4. The number of fused-ring (bicyclic) bond motifs is 9. The molecule has 0 N–H and O–H groups in total. The molecule has 8 heteroatoms. The first kappa shape index (κ1) is 41.5. The summed E-state index contributed by atoms with van der Waals surface area (Å²) in [5.74, 6) is 2.76. The predicted octanol–water partition coefficient (Wildman–Crippen LogP) is 12.1. The van der Waals surface area contributed by atoms with Crippen LogP contribution in [0.1, 0.15) is 0 Å². The molecule has 0 aliphatic heterocycles. The molecule has 0 spiro atoms. The zero-order valence-corrected chi connectivity index (χ0v) is 40.0. The van der Waals surface area contributed by atoms with Crippen LogP contribution in [-0.4, -0.2) is 41.5 Å². The lowest BCUT2D eigenvalue weighted by atomic mass is 10.1. The largest absolute Gasteiger partial charge is 0.307 e. The van der Waals surface area contributed by atoms with Crippen LogP contribution in [0.25, 0.3) is 95.2 Å². The third kappa shape index (κ3) is 6.50. The Morgan fingerprint density at radius 3 is 1.40 bits per heavy atom. The van der Waals surface area contributed by atoms with E-state index in [1.165, 1.54) is 26.1 Å². The average molecular weight is 938 g/mol. The van der Waals surface area contributed by atoms with Crippen LogP contribution in [0.2, 0.25) is 0 Å². The van der Waals surface area contributed by atoms with Crippen molar-refractivity contribution in [3.05, 3.63) is 261 Å². The molecule has 0 aliphatic carbocycles. The van der Waals surface area contributed by atoms with E-state index in [9.17, 15) is 0 Å². The molecule has 72 heavy (non-hydrogen) atoms. The van der Waals surface area contributed by atoms with Crippen molar-refractivity contribution in [2.75, 3.05) is 0 Å². The lowest BCUT2D eigenvalue weighted by Crippen LogP contribution is -2.74. The highest BCUT2D eigenvalue weighted by Gasteiger charge is 2.42. The fourth-order valence-electron chi connectivity index (χ4n) is 11.1. The normalized spacial score (nSPS) is 11.9. The number of rotatable bonds is 9. The van der Waals surface area contributed by atoms with E-state index < -0.39 is 8.07 Å². The van der Waals surface area contributed by atoms with E-state index in [-0.39, 0.29) is 0 Å². The second kappa shape index (κ2) is 16.9. The van der Waals surface area contributed by atoms with E-state index in [4.69, 9.17) is 19.9 Å². The van der Waals surface area contributed by atoms with Crippen molar-refractivity contribution in [1.29, 1.82) is 0 Å². The molecule has 0 radical (unpaired) electrons. The lowest BCUT2D eigenvalue weighted by molar-refractivity contribution is 1.07. The van der Waals surface area contributed by atoms with Crippen molar-refractivity contribution in [2.24, 2.45) is 0 Å². The third-order valence-corrected chi connectivity index (χ3v) is 19.0. The average Bonchev–Trinajstić information content (AvgIpc) is 4.12. The Labute approximate surface area is 416 Å². The molecule has 14 aromatic rings. The van der Waals surface area contributed by atoms with Gasteiger partial charge in [-0.25, -0.2) is 19.9 Å². The van der Waals surface area contributed by atoms with Crippen molar-refractivity contribution >= 4 is 78.5 Å². The van der Waals surface area contributed by atoms with Crippen LogP contribution >= 0.6 is 0 Å². The van der Waals surface area contributed by atoms with E-state index in [1.807, 2.05) is 36.4 Å². The summed E-state index contributed by atoms with van der Waals surface area (Å²) in [4.78, 5) is 21.1. The Kier molecular flexibility index (Phi) is 9.72. The molecule has 10 aromatic carbocycles. The fraction of sp³-hybridized carbons (Fsp3) is 0. The summed E-state index contributed by atoms with van der Waals surface area (Å²) < 4.78 is 7.05. The molecule has 0 bridgehead atoms. The van der Waals surface area contributed by atoms with Crippen LogP contribution < -0.4 is 20.7 Å². The Morgan fingerprint density at radius 2 is 0.764 bits per heavy atom. The molecule has 4 heterocycles. The molecule has 338 valence electrons. The molecule has 14 rings (SSSR count). The van der Waals surface area contributed by atoms with Crippen LogP contribution in [0.3, 0.4) is 0 Å². The van der Waals surface area contributed by atoms with Gasteiger partial charge in [0.2, 0.25) is 5.78 Å². The van der Waals surface area contributed by atoms with Gasteiger partial charge in [0.05, 0.1) is 27.6 Å². The van der Waals surface area contributed by atoms with Gasteiger partial charge in [-0.1, -0.05) is 206 Å². The van der Waals surface area contributed by atoms with Crippen molar-refractivity contribution in [2.45, 2.75) is 0 Å². The van der Waals surface area contributed by atoms with Crippen LogP contribution in [0, 0.1) is 0 Å². The molecule has 0 saturated carbocycles. The number of aromatic nitrogens is 7. The number of hydrogen-bond donors (Lipinski definition) is 0. The second-order valence-electron chi connectivity index (χ2n) is 18.2. The maximum Gasteiger partial charge on any atom is 0.220 e. The van der Waals surface area contributed by atoms with E-state index in [0.29, 0.717) is 17.5 Å². The van der Waals surface area contributed by atoms with Crippen molar-refractivity contribution < 1.29 is 0 Å². The topological polar surface area (TPSA) is 65.8 Å². The van der Waals surface area contributed by atoms with E-state index >= 15 is 0 Å². The molecule has 7 nitrogen and oxygen atoms in total. The predicted molar refractivity (Wildman–Crippen MR) is 297 cm³/mol. The molecule has 0 atom stereocenters. The number of benzene rings is 10. The number of nitrogens with zero attached hydrogens (tertiary/aromatic N) is 7. The summed E-state index contributed by atoms with van der Waals surface area (Å²) >= 11 is 0. The highest BCUT2D eigenvalue weighted by Crippen LogP contribution is 2.39. The minimum atomic E-state index is -3.15. The van der Waals surface area contributed by atoms with Gasteiger partial charge in [-0.3, -0.25) is 8.97 Å². The van der Waals surface area contributed by atoms with Crippen LogP contribution in [0.15, 0.2) is 261 Å². The van der Waals surface area contributed by atoms with E-state index in [0.717, 1.165) is 72.3 Å². The summed E-state index contributed by atoms with van der Waals surface area (Å²) in [6.07, 6.45) is 0. The second-order valence-corrected chi connectivity index (χ2v) is 22.0. The van der Waals surface area contributed by atoms with Gasteiger partial charge in [-0.05, 0) is 75.3 Å². The maximum absolute atomic E-state index is 5.64. The molecule has 0 saturated heterocycles. The van der Waals surface area contributed by atoms with Crippen LogP contribution in [0.5, 0.6) is 0 Å². The summed E-state index contributed by atoms with van der Waals surface area (Å²) in [5, 5.41) is 7.33. The van der Waals surface area contributed by atoms with Gasteiger partial charge in [0, 0.05) is 38.8 Å². The van der Waals surface area contributed by atoms with E-state index in [2.05, 4.69) is 238 Å². The van der Waals surface area contributed by atoms with Crippen LogP contribution in [-0.2, 0) is 0 Å².